The molecule has 0 unspecified atom stereocenters. The molecule has 0 saturated carbocycles. The first kappa shape index (κ1) is 13.8. The van der Waals surface area contributed by atoms with Gasteiger partial charge in [-0.15, -0.1) is 29.8 Å². The van der Waals surface area contributed by atoms with Gasteiger partial charge in [-0.25, -0.2) is 0 Å². The first-order chi connectivity index (χ1) is 6.52. The maximum absolute atomic E-state index is 10.8. The average molecular weight is 239 g/mol. The molecule has 4 heteroatoms. The van der Waals surface area contributed by atoms with Crippen molar-refractivity contribution in [2.75, 3.05) is 7.11 Å². The number of methoxy groups -OCH3 is 1. The second-order valence-corrected chi connectivity index (χ2v) is 4.77. The molecule has 0 radical (unpaired) electrons. The van der Waals surface area contributed by atoms with Crippen LogP contribution in [0.25, 0.3) is 0 Å². The number of alkyl halides is 2. The van der Waals surface area contributed by atoms with Crippen LogP contribution in [0.15, 0.2) is 12.7 Å². The molecule has 0 saturated heterocycles. The Morgan fingerprint density at radius 2 is 2.14 bits per heavy atom. The third kappa shape index (κ3) is 7.22. The van der Waals surface area contributed by atoms with Crippen LogP contribution in [0, 0.1) is 0 Å². The SMILES string of the molecule is C=CCC(Cl)(Cl)CCCCC(=O)OC. The Hall–Kier alpha value is -0.210. The maximum Gasteiger partial charge on any atom is 0.305 e. The molecule has 0 N–H and O–H groups in total. The molecule has 0 bridgehead atoms. The van der Waals surface area contributed by atoms with E-state index in [2.05, 4.69) is 11.3 Å². The van der Waals surface area contributed by atoms with Crippen molar-refractivity contribution in [3.63, 3.8) is 0 Å². The molecule has 82 valence electrons. The third-order valence-electron chi connectivity index (χ3n) is 1.84. The number of esters is 1. The van der Waals surface area contributed by atoms with Gasteiger partial charge in [0.05, 0.1) is 7.11 Å². The zero-order valence-corrected chi connectivity index (χ0v) is 9.90. The van der Waals surface area contributed by atoms with E-state index in [9.17, 15) is 4.79 Å². The molecule has 0 aliphatic carbocycles. The highest BCUT2D eigenvalue weighted by Crippen LogP contribution is 2.31. The second kappa shape index (κ2) is 7.13. The summed E-state index contributed by atoms with van der Waals surface area (Å²) in [6.45, 7) is 3.57. The predicted molar refractivity (Wildman–Crippen MR) is 59.7 cm³/mol. The Balaban J connectivity index is 3.53. The molecular weight excluding hydrogens is 223 g/mol. The minimum absolute atomic E-state index is 0.191. The van der Waals surface area contributed by atoms with Crippen LogP contribution in [-0.2, 0) is 9.53 Å². The van der Waals surface area contributed by atoms with Gasteiger partial charge in [0.15, 0.2) is 0 Å². The Morgan fingerprint density at radius 3 is 2.64 bits per heavy atom. The van der Waals surface area contributed by atoms with E-state index < -0.39 is 4.33 Å². The molecule has 0 aliphatic rings. The fourth-order valence-electron chi connectivity index (χ4n) is 1.07. The van der Waals surface area contributed by atoms with Crippen molar-refractivity contribution in [1.82, 2.24) is 0 Å². The molecule has 0 amide bonds. The molecule has 0 aromatic heterocycles. The van der Waals surface area contributed by atoms with Gasteiger partial charge in [-0.05, 0) is 25.7 Å². The molecule has 0 aliphatic heterocycles. The van der Waals surface area contributed by atoms with Gasteiger partial charge in [-0.1, -0.05) is 6.08 Å². The lowest BCUT2D eigenvalue weighted by Gasteiger charge is -2.16. The Bertz CT molecular complexity index is 191. The average Bonchev–Trinajstić information content (AvgIpc) is 2.12. The first-order valence-corrected chi connectivity index (χ1v) is 5.33. The molecule has 14 heavy (non-hydrogen) atoms. The Kier molecular flexibility index (Phi) is 7.02. The molecule has 0 aromatic carbocycles. The number of carbonyl (C=O) groups is 1. The minimum Gasteiger partial charge on any atom is -0.469 e. The summed E-state index contributed by atoms with van der Waals surface area (Å²) in [5, 5.41) is 0. The number of ether oxygens (including phenoxy) is 1. The van der Waals surface area contributed by atoms with E-state index in [0.29, 0.717) is 19.3 Å². The van der Waals surface area contributed by atoms with Crippen LogP contribution in [-0.4, -0.2) is 17.4 Å². The van der Waals surface area contributed by atoms with E-state index in [-0.39, 0.29) is 5.97 Å². The van der Waals surface area contributed by atoms with Gasteiger partial charge in [-0.2, -0.15) is 0 Å². The number of hydrogen-bond donors (Lipinski definition) is 0. The van der Waals surface area contributed by atoms with E-state index in [4.69, 9.17) is 23.2 Å². The summed E-state index contributed by atoms with van der Waals surface area (Å²) in [6, 6.07) is 0. The minimum atomic E-state index is -0.738. The lowest BCUT2D eigenvalue weighted by molar-refractivity contribution is -0.140. The van der Waals surface area contributed by atoms with E-state index in [1.165, 1.54) is 7.11 Å². The number of hydrogen-bond acceptors (Lipinski definition) is 2. The topological polar surface area (TPSA) is 26.3 Å². The summed E-state index contributed by atoms with van der Waals surface area (Å²) in [5.41, 5.74) is 0. The summed E-state index contributed by atoms with van der Waals surface area (Å²) < 4.78 is 3.77. The van der Waals surface area contributed by atoms with Crippen molar-refractivity contribution in [1.29, 1.82) is 0 Å². The summed E-state index contributed by atoms with van der Waals surface area (Å²) >= 11 is 11.9. The standard InChI is InChI=1S/C10H16Cl2O2/c1-3-7-10(11,12)8-5-4-6-9(13)14-2/h3H,1,4-8H2,2H3. The van der Waals surface area contributed by atoms with Gasteiger partial charge in [0.1, 0.15) is 4.33 Å². The zero-order chi connectivity index (χ0) is 11.0. The first-order valence-electron chi connectivity index (χ1n) is 4.57. The van der Waals surface area contributed by atoms with E-state index >= 15 is 0 Å². The number of carbonyl (C=O) groups excluding carboxylic acids is 1. The van der Waals surface area contributed by atoms with Crippen LogP contribution in [0.1, 0.15) is 32.1 Å². The largest absolute Gasteiger partial charge is 0.469 e. The number of halogens is 2. The summed E-state index contributed by atoms with van der Waals surface area (Å²) in [4.78, 5) is 10.8. The molecular formula is C10H16Cl2O2. The van der Waals surface area contributed by atoms with Gasteiger partial charge in [0, 0.05) is 6.42 Å². The molecule has 0 aromatic rings. The fraction of sp³-hybridized carbons (Fsp3) is 0.700. The quantitative estimate of drug-likeness (QED) is 0.294. The molecule has 0 heterocycles. The highest BCUT2D eigenvalue weighted by Gasteiger charge is 2.21. The molecule has 0 rings (SSSR count). The van der Waals surface area contributed by atoms with E-state index in [0.717, 1.165) is 12.8 Å². The zero-order valence-electron chi connectivity index (χ0n) is 8.39. The van der Waals surface area contributed by atoms with Gasteiger partial charge >= 0.3 is 5.97 Å². The lowest BCUT2D eigenvalue weighted by atomic mass is 10.1. The van der Waals surface area contributed by atoms with Crippen LogP contribution in [0.3, 0.4) is 0 Å². The molecule has 0 spiro atoms. The summed E-state index contributed by atoms with van der Waals surface area (Å²) in [5.74, 6) is -0.191. The van der Waals surface area contributed by atoms with Crippen molar-refractivity contribution < 1.29 is 9.53 Å². The fourth-order valence-corrected chi connectivity index (χ4v) is 1.55. The van der Waals surface area contributed by atoms with Gasteiger partial charge < -0.3 is 4.74 Å². The van der Waals surface area contributed by atoms with Crippen LogP contribution in [0.4, 0.5) is 0 Å². The van der Waals surface area contributed by atoms with Gasteiger partial charge in [0.25, 0.3) is 0 Å². The van der Waals surface area contributed by atoms with Crippen molar-refractivity contribution in [2.24, 2.45) is 0 Å². The maximum atomic E-state index is 10.8. The van der Waals surface area contributed by atoms with Crippen molar-refractivity contribution in [3.05, 3.63) is 12.7 Å². The summed E-state index contributed by atoms with van der Waals surface area (Å²) in [7, 11) is 1.38. The molecule has 0 atom stereocenters. The predicted octanol–water partition coefficient (Wildman–Crippen LogP) is 3.47. The van der Waals surface area contributed by atoms with E-state index in [1.54, 1.807) is 6.08 Å². The van der Waals surface area contributed by atoms with Crippen LogP contribution in [0.5, 0.6) is 0 Å². The highest BCUT2D eigenvalue weighted by atomic mass is 35.5. The molecule has 2 nitrogen and oxygen atoms in total. The van der Waals surface area contributed by atoms with Crippen LogP contribution >= 0.6 is 23.2 Å². The van der Waals surface area contributed by atoms with E-state index in [1.807, 2.05) is 0 Å². The Labute approximate surface area is 95.2 Å². The monoisotopic (exact) mass is 238 g/mol. The van der Waals surface area contributed by atoms with Crippen molar-refractivity contribution >= 4 is 29.2 Å². The smallest absolute Gasteiger partial charge is 0.305 e. The second-order valence-electron chi connectivity index (χ2n) is 3.13. The van der Waals surface area contributed by atoms with Crippen LogP contribution < -0.4 is 0 Å². The van der Waals surface area contributed by atoms with Gasteiger partial charge in [0.2, 0.25) is 0 Å². The third-order valence-corrected chi connectivity index (χ3v) is 2.53. The van der Waals surface area contributed by atoms with Crippen molar-refractivity contribution in [2.45, 2.75) is 36.4 Å². The normalized spacial score (nSPS) is 11.1. The number of unbranched alkanes of at least 4 members (excludes halogenated alkanes) is 1. The number of rotatable bonds is 7. The Morgan fingerprint density at radius 1 is 1.50 bits per heavy atom. The summed E-state index contributed by atoms with van der Waals surface area (Å²) in [6.07, 6.45) is 4.92. The number of allylic oxidation sites excluding steroid dienone is 1. The van der Waals surface area contributed by atoms with Crippen LogP contribution in [0.2, 0.25) is 0 Å². The lowest BCUT2D eigenvalue weighted by Crippen LogP contribution is -2.11. The van der Waals surface area contributed by atoms with Crippen molar-refractivity contribution in [3.8, 4) is 0 Å². The van der Waals surface area contributed by atoms with Gasteiger partial charge in [-0.3, -0.25) is 4.79 Å². The molecule has 0 fully saturated rings. The highest BCUT2D eigenvalue weighted by molar-refractivity contribution is 6.48.